The van der Waals surface area contributed by atoms with Gasteiger partial charge in [-0.15, -0.1) is 0 Å². The molecule has 0 unspecified atom stereocenters. The van der Waals surface area contributed by atoms with Crippen LogP contribution in [0.25, 0.3) is 0 Å². The number of benzene rings is 2. The molecule has 1 aromatic heterocycles. The van der Waals surface area contributed by atoms with Gasteiger partial charge in [-0.2, -0.15) is 0 Å². The summed E-state index contributed by atoms with van der Waals surface area (Å²) < 4.78 is 12.9. The molecular weight excluding hydrogens is 353 g/mol. The average molecular weight is 370 g/mol. The van der Waals surface area contributed by atoms with Gasteiger partial charge in [0.15, 0.2) is 0 Å². The number of halogens is 2. The van der Waals surface area contributed by atoms with Gasteiger partial charge in [0.1, 0.15) is 11.5 Å². The van der Waals surface area contributed by atoms with Crippen molar-refractivity contribution in [2.45, 2.75) is 6.42 Å². The summed E-state index contributed by atoms with van der Waals surface area (Å²) in [5, 5.41) is 6.63. The lowest BCUT2D eigenvalue weighted by atomic mass is 10.1. The Morgan fingerprint density at radius 1 is 0.962 bits per heavy atom. The fourth-order valence-corrected chi connectivity index (χ4v) is 2.49. The van der Waals surface area contributed by atoms with E-state index in [1.54, 1.807) is 30.5 Å². The number of amides is 1. The zero-order valence-electron chi connectivity index (χ0n) is 13.9. The molecule has 0 aliphatic carbocycles. The minimum atomic E-state index is -0.292. The Balaban J connectivity index is 1.51. The summed E-state index contributed by atoms with van der Waals surface area (Å²) in [5.41, 5.74) is 2.90. The summed E-state index contributed by atoms with van der Waals surface area (Å²) in [6.45, 7) is 0.512. The molecule has 0 radical (unpaired) electrons. The molecule has 0 atom stereocenters. The van der Waals surface area contributed by atoms with Gasteiger partial charge in [-0.25, -0.2) is 9.37 Å². The van der Waals surface area contributed by atoms with Gasteiger partial charge in [0.25, 0.3) is 5.91 Å². The molecular formula is C20H17ClFN3O. The maximum Gasteiger partial charge on any atom is 0.269 e. The highest BCUT2D eigenvalue weighted by molar-refractivity contribution is 6.30. The smallest absolute Gasteiger partial charge is 0.269 e. The van der Waals surface area contributed by atoms with Crippen LogP contribution in [0.15, 0.2) is 66.9 Å². The Morgan fingerprint density at radius 3 is 2.31 bits per heavy atom. The summed E-state index contributed by atoms with van der Waals surface area (Å²) in [6, 6.07) is 16.9. The lowest BCUT2D eigenvalue weighted by Crippen LogP contribution is -2.26. The summed E-state index contributed by atoms with van der Waals surface area (Å²) >= 11 is 5.85. The van der Waals surface area contributed by atoms with Gasteiger partial charge in [0.05, 0.1) is 11.9 Å². The van der Waals surface area contributed by atoms with Gasteiger partial charge in [-0.1, -0.05) is 23.7 Å². The van der Waals surface area contributed by atoms with E-state index >= 15 is 0 Å². The van der Waals surface area contributed by atoms with Gasteiger partial charge in [0, 0.05) is 17.3 Å². The predicted molar refractivity (Wildman–Crippen MR) is 101 cm³/mol. The van der Waals surface area contributed by atoms with Crippen molar-refractivity contribution in [3.8, 4) is 0 Å². The van der Waals surface area contributed by atoms with Crippen LogP contribution in [0.4, 0.5) is 15.8 Å². The number of rotatable bonds is 6. The van der Waals surface area contributed by atoms with Crippen molar-refractivity contribution in [3.63, 3.8) is 0 Å². The minimum absolute atomic E-state index is 0.229. The van der Waals surface area contributed by atoms with Crippen LogP contribution in [0.3, 0.4) is 0 Å². The molecule has 0 bridgehead atoms. The van der Waals surface area contributed by atoms with Crippen LogP contribution in [0.5, 0.6) is 0 Å². The number of nitrogens with one attached hydrogen (secondary N) is 2. The second-order valence-corrected chi connectivity index (χ2v) is 6.13. The fourth-order valence-electron chi connectivity index (χ4n) is 2.36. The number of nitrogens with zero attached hydrogens (tertiary/aromatic N) is 1. The number of aromatic nitrogens is 1. The summed E-state index contributed by atoms with van der Waals surface area (Å²) in [7, 11) is 0. The van der Waals surface area contributed by atoms with Crippen molar-refractivity contribution in [1.82, 2.24) is 10.3 Å². The summed E-state index contributed by atoms with van der Waals surface area (Å²) in [5.74, 6) is -0.522. The topological polar surface area (TPSA) is 54.0 Å². The molecule has 0 spiro atoms. The average Bonchev–Trinajstić information content (AvgIpc) is 2.66. The second kappa shape index (κ2) is 8.45. The number of anilines is 2. The standard InChI is InChI=1S/C20H17ClFN3O/c21-15-3-1-14(2-4-15)11-12-23-20(26)19-10-9-18(13-24-19)25-17-7-5-16(22)6-8-17/h1-10,13,25H,11-12H2,(H,23,26). The molecule has 1 heterocycles. The number of hydrogen-bond donors (Lipinski definition) is 2. The second-order valence-electron chi connectivity index (χ2n) is 5.70. The fraction of sp³-hybridized carbons (Fsp3) is 0.100. The SMILES string of the molecule is O=C(NCCc1ccc(Cl)cc1)c1ccc(Nc2ccc(F)cc2)cn1. The van der Waals surface area contributed by atoms with Gasteiger partial charge in [-0.05, 0) is 60.5 Å². The van der Waals surface area contributed by atoms with Crippen molar-refractivity contribution in [1.29, 1.82) is 0 Å². The molecule has 0 fully saturated rings. The molecule has 0 saturated heterocycles. The van der Waals surface area contributed by atoms with E-state index in [4.69, 9.17) is 11.6 Å². The first-order valence-corrected chi connectivity index (χ1v) is 8.49. The van der Waals surface area contributed by atoms with Crippen molar-refractivity contribution in [3.05, 3.63) is 89.0 Å². The molecule has 0 saturated carbocycles. The number of carbonyl (C=O) groups excluding carboxylic acids is 1. The Hall–Kier alpha value is -2.92. The van der Waals surface area contributed by atoms with Gasteiger partial charge >= 0.3 is 0 Å². The van der Waals surface area contributed by atoms with E-state index in [0.29, 0.717) is 29.4 Å². The summed E-state index contributed by atoms with van der Waals surface area (Å²) in [4.78, 5) is 16.3. The quantitative estimate of drug-likeness (QED) is 0.668. The van der Waals surface area contributed by atoms with E-state index in [2.05, 4.69) is 15.6 Å². The molecule has 3 aromatic rings. The van der Waals surface area contributed by atoms with Gasteiger partial charge in [-0.3, -0.25) is 4.79 Å². The van der Waals surface area contributed by atoms with Crippen LogP contribution in [0.1, 0.15) is 16.1 Å². The maximum atomic E-state index is 12.9. The van der Waals surface area contributed by atoms with Crippen molar-refractivity contribution in [2.75, 3.05) is 11.9 Å². The Morgan fingerprint density at radius 2 is 1.65 bits per heavy atom. The highest BCUT2D eigenvalue weighted by Crippen LogP contribution is 2.16. The molecule has 0 aliphatic heterocycles. The molecule has 2 N–H and O–H groups in total. The number of hydrogen-bond acceptors (Lipinski definition) is 3. The van der Waals surface area contributed by atoms with E-state index in [1.165, 1.54) is 12.1 Å². The van der Waals surface area contributed by atoms with Gasteiger partial charge < -0.3 is 10.6 Å². The van der Waals surface area contributed by atoms with Crippen LogP contribution in [0, 0.1) is 5.82 Å². The molecule has 4 nitrogen and oxygen atoms in total. The third kappa shape index (κ3) is 5.04. The van der Waals surface area contributed by atoms with E-state index in [0.717, 1.165) is 11.3 Å². The monoisotopic (exact) mass is 369 g/mol. The first kappa shape index (κ1) is 17.9. The maximum absolute atomic E-state index is 12.9. The molecule has 132 valence electrons. The molecule has 3 rings (SSSR count). The van der Waals surface area contributed by atoms with Crippen molar-refractivity contribution in [2.24, 2.45) is 0 Å². The first-order chi connectivity index (χ1) is 12.6. The van der Waals surface area contributed by atoms with E-state index < -0.39 is 0 Å². The zero-order valence-corrected chi connectivity index (χ0v) is 14.6. The molecule has 0 aliphatic rings. The van der Waals surface area contributed by atoms with Crippen LogP contribution >= 0.6 is 11.6 Å². The molecule has 26 heavy (non-hydrogen) atoms. The highest BCUT2D eigenvalue weighted by atomic mass is 35.5. The van der Waals surface area contributed by atoms with E-state index in [1.807, 2.05) is 24.3 Å². The van der Waals surface area contributed by atoms with Crippen LogP contribution in [-0.4, -0.2) is 17.4 Å². The van der Waals surface area contributed by atoms with Crippen LogP contribution in [0.2, 0.25) is 5.02 Å². The lowest BCUT2D eigenvalue weighted by Gasteiger charge is -2.08. The largest absolute Gasteiger partial charge is 0.354 e. The molecule has 1 amide bonds. The van der Waals surface area contributed by atoms with E-state index in [-0.39, 0.29) is 11.7 Å². The highest BCUT2D eigenvalue weighted by Gasteiger charge is 2.07. The van der Waals surface area contributed by atoms with Crippen LogP contribution < -0.4 is 10.6 Å². The third-order valence-electron chi connectivity index (χ3n) is 3.74. The Bertz CT molecular complexity index is 865. The first-order valence-electron chi connectivity index (χ1n) is 8.11. The van der Waals surface area contributed by atoms with E-state index in [9.17, 15) is 9.18 Å². The third-order valence-corrected chi connectivity index (χ3v) is 3.99. The van der Waals surface area contributed by atoms with Gasteiger partial charge in [0.2, 0.25) is 0 Å². The van der Waals surface area contributed by atoms with Crippen molar-refractivity contribution >= 4 is 28.9 Å². The normalized spacial score (nSPS) is 10.4. The lowest BCUT2D eigenvalue weighted by molar-refractivity contribution is 0.0949. The van der Waals surface area contributed by atoms with Crippen LogP contribution in [-0.2, 0) is 6.42 Å². The minimum Gasteiger partial charge on any atom is -0.354 e. The number of carbonyl (C=O) groups is 1. The van der Waals surface area contributed by atoms with Crippen molar-refractivity contribution < 1.29 is 9.18 Å². The Labute approximate surface area is 156 Å². The molecule has 6 heteroatoms. The zero-order chi connectivity index (χ0) is 18.4. The number of pyridine rings is 1. The summed E-state index contributed by atoms with van der Waals surface area (Å²) in [6.07, 6.45) is 2.28. The molecule has 2 aromatic carbocycles. The Kier molecular flexibility index (Phi) is 5.81. The predicted octanol–water partition coefficient (Wildman–Crippen LogP) is 4.59.